The fraction of sp³-hybridized carbons (Fsp3) is 0.455. The predicted octanol–water partition coefficient (Wildman–Crippen LogP) is 1.85. The highest BCUT2D eigenvalue weighted by atomic mass is 32.2. The monoisotopic (exact) mass is 243 g/mol. The Morgan fingerprint density at radius 1 is 1.38 bits per heavy atom. The van der Waals surface area contributed by atoms with Crippen LogP contribution in [-0.2, 0) is 9.84 Å². The Hall–Kier alpha value is -1.23. The van der Waals surface area contributed by atoms with Gasteiger partial charge < -0.3 is 10.5 Å². The fourth-order valence-corrected chi connectivity index (χ4v) is 2.10. The van der Waals surface area contributed by atoms with E-state index in [2.05, 4.69) is 0 Å². The topological polar surface area (TPSA) is 69.4 Å². The zero-order valence-electron chi connectivity index (χ0n) is 9.56. The molecular formula is C11H17NO3S. The molecule has 0 aliphatic carbocycles. The Bertz CT molecular complexity index is 454. The van der Waals surface area contributed by atoms with E-state index in [0.717, 1.165) is 19.1 Å². The van der Waals surface area contributed by atoms with Gasteiger partial charge in [-0.05, 0) is 24.6 Å². The molecule has 16 heavy (non-hydrogen) atoms. The van der Waals surface area contributed by atoms with Gasteiger partial charge in [0.1, 0.15) is 10.6 Å². The number of nitrogens with two attached hydrogens (primary N) is 1. The van der Waals surface area contributed by atoms with Crippen LogP contribution in [-0.4, -0.2) is 21.3 Å². The van der Waals surface area contributed by atoms with Gasteiger partial charge in [0.05, 0.1) is 6.61 Å². The van der Waals surface area contributed by atoms with E-state index in [1.165, 1.54) is 6.07 Å². The summed E-state index contributed by atoms with van der Waals surface area (Å²) in [6.07, 6.45) is 3.05. The van der Waals surface area contributed by atoms with Crippen LogP contribution in [0.2, 0.25) is 0 Å². The van der Waals surface area contributed by atoms with Crippen molar-refractivity contribution in [1.29, 1.82) is 0 Å². The summed E-state index contributed by atoms with van der Waals surface area (Å²) in [4.78, 5) is 0.156. The van der Waals surface area contributed by atoms with Crippen molar-refractivity contribution in [1.82, 2.24) is 0 Å². The van der Waals surface area contributed by atoms with Gasteiger partial charge in [-0.15, -0.1) is 0 Å². The molecule has 0 aliphatic heterocycles. The van der Waals surface area contributed by atoms with Crippen molar-refractivity contribution < 1.29 is 13.2 Å². The van der Waals surface area contributed by atoms with Crippen LogP contribution in [0.3, 0.4) is 0 Å². The van der Waals surface area contributed by atoms with Crippen LogP contribution in [0.25, 0.3) is 0 Å². The highest BCUT2D eigenvalue weighted by molar-refractivity contribution is 7.90. The summed E-state index contributed by atoms with van der Waals surface area (Å²) in [6, 6.07) is 4.66. The second-order valence-corrected chi connectivity index (χ2v) is 5.66. The third-order valence-corrected chi connectivity index (χ3v) is 3.24. The number of nitrogen functional groups attached to an aromatic ring is 1. The average molecular weight is 243 g/mol. The van der Waals surface area contributed by atoms with Gasteiger partial charge in [-0.3, -0.25) is 0 Å². The first-order valence-corrected chi connectivity index (χ1v) is 7.06. The first kappa shape index (κ1) is 12.8. The lowest BCUT2D eigenvalue weighted by Crippen LogP contribution is -2.05. The minimum Gasteiger partial charge on any atom is -0.492 e. The highest BCUT2D eigenvalue weighted by Gasteiger charge is 2.14. The number of hydrogen-bond donors (Lipinski definition) is 1. The second kappa shape index (κ2) is 5.21. The van der Waals surface area contributed by atoms with Gasteiger partial charge in [0.2, 0.25) is 0 Å². The summed E-state index contributed by atoms with van der Waals surface area (Å²) in [5.74, 6) is 0.380. The van der Waals surface area contributed by atoms with Gasteiger partial charge in [0, 0.05) is 11.9 Å². The first-order valence-electron chi connectivity index (χ1n) is 5.17. The summed E-state index contributed by atoms with van der Waals surface area (Å²) < 4.78 is 28.4. The normalized spacial score (nSPS) is 11.4. The number of anilines is 1. The van der Waals surface area contributed by atoms with E-state index >= 15 is 0 Å². The second-order valence-electron chi connectivity index (χ2n) is 3.68. The molecule has 0 aliphatic rings. The molecule has 0 heterocycles. The molecule has 90 valence electrons. The van der Waals surface area contributed by atoms with Gasteiger partial charge >= 0.3 is 0 Å². The molecule has 0 bridgehead atoms. The Morgan fingerprint density at radius 3 is 2.62 bits per heavy atom. The van der Waals surface area contributed by atoms with Gasteiger partial charge in [0.15, 0.2) is 9.84 Å². The lowest BCUT2D eigenvalue weighted by atomic mass is 10.3. The number of hydrogen-bond acceptors (Lipinski definition) is 4. The maximum Gasteiger partial charge on any atom is 0.179 e. The lowest BCUT2D eigenvalue weighted by Gasteiger charge is -2.10. The number of unbranched alkanes of at least 4 members (excludes halogenated alkanes) is 1. The summed E-state index contributed by atoms with van der Waals surface area (Å²) in [5.41, 5.74) is 5.98. The first-order chi connectivity index (χ1) is 7.45. The van der Waals surface area contributed by atoms with Crippen molar-refractivity contribution >= 4 is 15.5 Å². The molecule has 0 radical (unpaired) electrons. The smallest absolute Gasteiger partial charge is 0.179 e. The van der Waals surface area contributed by atoms with E-state index in [9.17, 15) is 8.42 Å². The third-order valence-electron chi connectivity index (χ3n) is 2.12. The van der Waals surface area contributed by atoms with E-state index in [4.69, 9.17) is 10.5 Å². The standard InChI is InChI=1S/C11H17NO3S/c1-3-4-7-15-10-6-5-9(12)8-11(10)16(2,13)14/h5-6,8H,3-4,7,12H2,1-2H3. The fourth-order valence-electron chi connectivity index (χ4n) is 1.26. The minimum absolute atomic E-state index is 0.156. The van der Waals surface area contributed by atoms with E-state index in [-0.39, 0.29) is 4.90 Å². The predicted molar refractivity (Wildman–Crippen MR) is 64.4 cm³/mol. The molecule has 0 aromatic heterocycles. The van der Waals surface area contributed by atoms with Crippen molar-refractivity contribution in [3.8, 4) is 5.75 Å². The molecule has 2 N–H and O–H groups in total. The van der Waals surface area contributed by atoms with Crippen molar-refractivity contribution in [3.05, 3.63) is 18.2 Å². The summed E-state index contributed by atoms with van der Waals surface area (Å²) in [7, 11) is -3.30. The Kier molecular flexibility index (Phi) is 4.18. The van der Waals surface area contributed by atoms with E-state index in [1.807, 2.05) is 6.92 Å². The number of ether oxygens (including phenoxy) is 1. The molecule has 0 unspecified atom stereocenters. The molecular weight excluding hydrogens is 226 g/mol. The number of sulfone groups is 1. The van der Waals surface area contributed by atoms with Crippen LogP contribution in [0.4, 0.5) is 5.69 Å². The van der Waals surface area contributed by atoms with Crippen molar-refractivity contribution in [2.45, 2.75) is 24.7 Å². The minimum atomic E-state index is -3.30. The molecule has 0 amide bonds. The molecule has 1 rings (SSSR count). The summed E-state index contributed by atoms with van der Waals surface area (Å²) in [5, 5.41) is 0. The Morgan fingerprint density at radius 2 is 2.06 bits per heavy atom. The van der Waals surface area contributed by atoms with Crippen LogP contribution < -0.4 is 10.5 Å². The average Bonchev–Trinajstić information content (AvgIpc) is 2.19. The zero-order valence-corrected chi connectivity index (χ0v) is 10.4. The molecule has 0 spiro atoms. The van der Waals surface area contributed by atoms with Gasteiger partial charge in [-0.1, -0.05) is 13.3 Å². The van der Waals surface area contributed by atoms with E-state index < -0.39 is 9.84 Å². The van der Waals surface area contributed by atoms with Crippen molar-refractivity contribution in [2.75, 3.05) is 18.6 Å². The van der Waals surface area contributed by atoms with E-state index in [0.29, 0.717) is 18.0 Å². The van der Waals surface area contributed by atoms with Gasteiger partial charge in [-0.2, -0.15) is 0 Å². The zero-order chi connectivity index (χ0) is 12.2. The lowest BCUT2D eigenvalue weighted by molar-refractivity contribution is 0.302. The van der Waals surface area contributed by atoms with Crippen molar-refractivity contribution in [3.63, 3.8) is 0 Å². The largest absolute Gasteiger partial charge is 0.492 e. The third kappa shape index (κ3) is 3.41. The van der Waals surface area contributed by atoms with Crippen LogP contribution in [0.1, 0.15) is 19.8 Å². The molecule has 1 aromatic carbocycles. The van der Waals surface area contributed by atoms with Crippen LogP contribution in [0, 0.1) is 0 Å². The molecule has 0 saturated heterocycles. The van der Waals surface area contributed by atoms with Gasteiger partial charge in [0.25, 0.3) is 0 Å². The van der Waals surface area contributed by atoms with Crippen LogP contribution in [0.15, 0.2) is 23.1 Å². The van der Waals surface area contributed by atoms with E-state index in [1.54, 1.807) is 12.1 Å². The van der Waals surface area contributed by atoms with Gasteiger partial charge in [-0.25, -0.2) is 8.42 Å². The summed E-state index contributed by atoms with van der Waals surface area (Å²) in [6.45, 7) is 2.56. The summed E-state index contributed by atoms with van der Waals surface area (Å²) >= 11 is 0. The SMILES string of the molecule is CCCCOc1ccc(N)cc1S(C)(=O)=O. The highest BCUT2D eigenvalue weighted by Crippen LogP contribution is 2.26. The number of benzene rings is 1. The van der Waals surface area contributed by atoms with Crippen molar-refractivity contribution in [2.24, 2.45) is 0 Å². The molecule has 0 fully saturated rings. The maximum atomic E-state index is 11.5. The molecule has 4 nitrogen and oxygen atoms in total. The molecule has 5 heteroatoms. The quantitative estimate of drug-likeness (QED) is 0.633. The van der Waals surface area contributed by atoms with Crippen LogP contribution >= 0.6 is 0 Å². The Labute approximate surface area is 96.3 Å². The van der Waals surface area contributed by atoms with Crippen LogP contribution in [0.5, 0.6) is 5.75 Å². The Balaban J connectivity index is 2.99. The maximum absolute atomic E-state index is 11.5. The molecule has 1 aromatic rings. The molecule has 0 saturated carbocycles. The number of rotatable bonds is 5. The molecule has 0 atom stereocenters.